The highest BCUT2D eigenvalue weighted by atomic mass is 35.5. The molecule has 1 aromatic heterocycles. The maximum atomic E-state index is 6.00. The Hall–Kier alpha value is -0.830. The van der Waals surface area contributed by atoms with Gasteiger partial charge in [0.15, 0.2) is 0 Å². The van der Waals surface area contributed by atoms with Crippen molar-refractivity contribution >= 4 is 17.4 Å². The van der Waals surface area contributed by atoms with Crippen LogP contribution in [0.5, 0.6) is 0 Å². The van der Waals surface area contributed by atoms with Crippen molar-refractivity contribution in [3.8, 4) is 0 Å². The molecule has 1 N–H and O–H groups in total. The first-order valence-electron chi connectivity index (χ1n) is 5.29. The molecule has 4 heteroatoms. The molecular weight excluding hydrogens is 210 g/mol. The van der Waals surface area contributed by atoms with Crippen LogP contribution in [0.2, 0.25) is 0 Å². The Morgan fingerprint density at radius 2 is 2.07 bits per heavy atom. The molecule has 1 rings (SSSR count). The van der Waals surface area contributed by atoms with Gasteiger partial charge in [-0.15, -0.1) is 16.7 Å². The van der Waals surface area contributed by atoms with Gasteiger partial charge in [0, 0.05) is 5.88 Å². The van der Waals surface area contributed by atoms with Crippen LogP contribution < -0.4 is 5.32 Å². The summed E-state index contributed by atoms with van der Waals surface area (Å²) < 4.78 is 0. The van der Waals surface area contributed by atoms with E-state index in [9.17, 15) is 0 Å². The van der Waals surface area contributed by atoms with Crippen molar-refractivity contribution in [2.75, 3.05) is 11.2 Å². The van der Waals surface area contributed by atoms with Gasteiger partial charge in [-0.1, -0.05) is 13.8 Å². The third kappa shape index (κ3) is 3.06. The minimum atomic E-state index is -0.0654. The van der Waals surface area contributed by atoms with E-state index in [0.29, 0.717) is 5.88 Å². The van der Waals surface area contributed by atoms with Crippen LogP contribution in [0.1, 0.15) is 32.3 Å². The lowest BCUT2D eigenvalue weighted by atomic mass is 9.95. The molecule has 84 valence electrons. The lowest BCUT2D eigenvalue weighted by molar-refractivity contribution is 0.482. The van der Waals surface area contributed by atoms with E-state index in [2.05, 4.69) is 29.4 Å². The second-order valence-electron chi connectivity index (χ2n) is 3.86. The summed E-state index contributed by atoms with van der Waals surface area (Å²) in [7, 11) is 0. The average molecular weight is 228 g/mol. The summed E-state index contributed by atoms with van der Waals surface area (Å²) in [5, 5.41) is 11.3. The third-order valence-electron chi connectivity index (χ3n) is 2.79. The number of hydrogen-bond acceptors (Lipinski definition) is 3. The van der Waals surface area contributed by atoms with Crippen LogP contribution >= 0.6 is 11.6 Å². The molecule has 0 saturated carbocycles. The first-order chi connectivity index (χ1) is 7.15. The number of rotatable bonds is 5. The number of anilines is 1. The van der Waals surface area contributed by atoms with Gasteiger partial charge in [-0.25, -0.2) is 0 Å². The van der Waals surface area contributed by atoms with Gasteiger partial charge in [0.1, 0.15) is 5.82 Å². The first kappa shape index (κ1) is 12.2. The van der Waals surface area contributed by atoms with Crippen molar-refractivity contribution in [3.05, 3.63) is 17.8 Å². The number of aromatic nitrogens is 2. The second-order valence-corrected chi connectivity index (χ2v) is 4.13. The predicted octanol–water partition coefficient (Wildman–Crippen LogP) is 2.99. The van der Waals surface area contributed by atoms with Gasteiger partial charge >= 0.3 is 0 Å². The van der Waals surface area contributed by atoms with Crippen molar-refractivity contribution in [2.24, 2.45) is 0 Å². The summed E-state index contributed by atoms with van der Waals surface area (Å²) >= 11 is 6.00. The van der Waals surface area contributed by atoms with E-state index < -0.39 is 0 Å². The molecule has 0 aliphatic rings. The van der Waals surface area contributed by atoms with E-state index >= 15 is 0 Å². The molecule has 0 atom stereocenters. The monoisotopic (exact) mass is 227 g/mol. The Kier molecular flexibility index (Phi) is 4.33. The van der Waals surface area contributed by atoms with E-state index in [-0.39, 0.29) is 5.54 Å². The molecule has 0 spiro atoms. The molecule has 0 unspecified atom stereocenters. The largest absolute Gasteiger partial charge is 0.362 e. The highest BCUT2D eigenvalue weighted by molar-refractivity contribution is 6.18. The van der Waals surface area contributed by atoms with Gasteiger partial charge in [0.2, 0.25) is 0 Å². The smallest absolute Gasteiger partial charge is 0.149 e. The molecule has 0 aliphatic heterocycles. The lowest BCUT2D eigenvalue weighted by Gasteiger charge is -2.31. The fourth-order valence-electron chi connectivity index (χ4n) is 1.45. The van der Waals surface area contributed by atoms with Crippen molar-refractivity contribution in [3.63, 3.8) is 0 Å². The summed E-state index contributed by atoms with van der Waals surface area (Å²) in [5.41, 5.74) is 1.03. The number of hydrogen-bond donors (Lipinski definition) is 1. The van der Waals surface area contributed by atoms with Gasteiger partial charge in [-0.2, -0.15) is 5.10 Å². The van der Waals surface area contributed by atoms with Crippen LogP contribution in [-0.2, 0) is 0 Å². The van der Waals surface area contributed by atoms with Crippen molar-refractivity contribution in [1.29, 1.82) is 0 Å². The van der Waals surface area contributed by atoms with E-state index in [0.717, 1.165) is 24.2 Å². The SMILES string of the molecule is CCC(CC)(CCl)Nc1cc(C)cnn1. The Morgan fingerprint density at radius 1 is 1.40 bits per heavy atom. The van der Waals surface area contributed by atoms with Crippen LogP contribution in [0.3, 0.4) is 0 Å². The van der Waals surface area contributed by atoms with Crippen LogP contribution in [0.25, 0.3) is 0 Å². The highest BCUT2D eigenvalue weighted by Gasteiger charge is 2.25. The standard InChI is InChI=1S/C11H18ClN3/c1-4-11(5-2,8-12)14-10-6-9(3)7-13-15-10/h6-7H,4-5,8H2,1-3H3,(H,14,15). The summed E-state index contributed by atoms with van der Waals surface area (Å²) in [6.07, 6.45) is 3.69. The normalized spacial score (nSPS) is 11.5. The van der Waals surface area contributed by atoms with Crippen molar-refractivity contribution < 1.29 is 0 Å². The zero-order valence-corrected chi connectivity index (χ0v) is 10.3. The lowest BCUT2D eigenvalue weighted by Crippen LogP contribution is -2.39. The quantitative estimate of drug-likeness (QED) is 0.786. The molecule has 0 aromatic carbocycles. The zero-order chi connectivity index (χ0) is 11.3. The topological polar surface area (TPSA) is 37.8 Å². The first-order valence-corrected chi connectivity index (χ1v) is 5.82. The fraction of sp³-hybridized carbons (Fsp3) is 0.636. The molecular formula is C11H18ClN3. The Labute approximate surface area is 96.2 Å². The molecule has 0 amide bonds. The van der Waals surface area contributed by atoms with Gasteiger partial charge in [0.05, 0.1) is 11.7 Å². The van der Waals surface area contributed by atoms with E-state index in [1.54, 1.807) is 6.20 Å². The molecule has 0 aliphatic carbocycles. The fourth-order valence-corrected chi connectivity index (χ4v) is 1.89. The van der Waals surface area contributed by atoms with Crippen LogP contribution in [0.15, 0.2) is 12.3 Å². The zero-order valence-electron chi connectivity index (χ0n) is 9.55. The number of nitrogens with zero attached hydrogens (tertiary/aromatic N) is 2. The minimum absolute atomic E-state index is 0.0654. The van der Waals surface area contributed by atoms with E-state index in [1.165, 1.54) is 0 Å². The number of nitrogens with one attached hydrogen (secondary N) is 1. The van der Waals surface area contributed by atoms with Gasteiger partial charge in [0.25, 0.3) is 0 Å². The molecule has 15 heavy (non-hydrogen) atoms. The molecule has 0 bridgehead atoms. The Bertz CT molecular complexity index is 302. The minimum Gasteiger partial charge on any atom is -0.362 e. The molecule has 0 fully saturated rings. The number of alkyl halides is 1. The maximum Gasteiger partial charge on any atom is 0.149 e. The predicted molar refractivity (Wildman–Crippen MR) is 64.4 cm³/mol. The molecule has 0 saturated heterocycles. The maximum absolute atomic E-state index is 6.00. The summed E-state index contributed by atoms with van der Waals surface area (Å²) in [4.78, 5) is 0. The van der Waals surface area contributed by atoms with Gasteiger partial charge < -0.3 is 5.32 Å². The van der Waals surface area contributed by atoms with E-state index in [1.807, 2.05) is 13.0 Å². The summed E-state index contributed by atoms with van der Waals surface area (Å²) in [6.45, 7) is 6.25. The summed E-state index contributed by atoms with van der Waals surface area (Å²) in [6, 6.07) is 1.99. The molecule has 1 aromatic rings. The molecule has 0 radical (unpaired) electrons. The highest BCUT2D eigenvalue weighted by Crippen LogP contribution is 2.22. The van der Waals surface area contributed by atoms with Gasteiger partial charge in [-0.3, -0.25) is 0 Å². The van der Waals surface area contributed by atoms with Crippen LogP contribution in [0, 0.1) is 6.92 Å². The number of halogens is 1. The van der Waals surface area contributed by atoms with Gasteiger partial charge in [-0.05, 0) is 31.4 Å². The second kappa shape index (κ2) is 5.31. The Balaban J connectivity index is 2.82. The molecule has 3 nitrogen and oxygen atoms in total. The van der Waals surface area contributed by atoms with E-state index in [4.69, 9.17) is 11.6 Å². The van der Waals surface area contributed by atoms with Crippen molar-refractivity contribution in [1.82, 2.24) is 10.2 Å². The average Bonchev–Trinajstić information content (AvgIpc) is 2.26. The van der Waals surface area contributed by atoms with Crippen LogP contribution in [0.4, 0.5) is 5.82 Å². The Morgan fingerprint density at radius 3 is 2.53 bits per heavy atom. The van der Waals surface area contributed by atoms with Crippen LogP contribution in [-0.4, -0.2) is 21.6 Å². The summed E-state index contributed by atoms with van der Waals surface area (Å²) in [5.74, 6) is 1.38. The number of aryl methyl sites for hydroxylation is 1. The third-order valence-corrected chi connectivity index (χ3v) is 3.31. The van der Waals surface area contributed by atoms with Crippen molar-refractivity contribution in [2.45, 2.75) is 39.2 Å². The molecule has 1 heterocycles.